The molecule has 0 fully saturated rings. The summed E-state index contributed by atoms with van der Waals surface area (Å²) in [6.45, 7) is 9.84. The van der Waals surface area contributed by atoms with Crippen molar-refractivity contribution >= 4 is 5.69 Å². The van der Waals surface area contributed by atoms with Gasteiger partial charge in [-0.2, -0.15) is 0 Å². The zero-order valence-electron chi connectivity index (χ0n) is 13.3. The van der Waals surface area contributed by atoms with E-state index in [-0.39, 0.29) is 5.41 Å². The van der Waals surface area contributed by atoms with Crippen LogP contribution in [0.1, 0.15) is 32.0 Å². The summed E-state index contributed by atoms with van der Waals surface area (Å²) in [4.78, 5) is 9.27. The van der Waals surface area contributed by atoms with Crippen molar-refractivity contribution in [2.45, 2.75) is 33.1 Å². The molecule has 0 spiro atoms. The highest BCUT2D eigenvalue weighted by molar-refractivity contribution is 5.59. The molecule has 2 rings (SSSR count). The summed E-state index contributed by atoms with van der Waals surface area (Å²) in [5.41, 5.74) is 9.76. The van der Waals surface area contributed by atoms with Crippen LogP contribution < -0.4 is 11.1 Å². The molecular weight excluding hydrogens is 260 g/mol. The maximum atomic E-state index is 5.57. The number of hydrogen-bond acceptors (Lipinski definition) is 4. The fourth-order valence-electron chi connectivity index (χ4n) is 2.13. The summed E-state index contributed by atoms with van der Waals surface area (Å²) in [6, 6.07) is 8.28. The number of rotatable bonds is 4. The highest BCUT2D eigenvalue weighted by Crippen LogP contribution is 2.29. The van der Waals surface area contributed by atoms with Crippen LogP contribution in [0.5, 0.6) is 0 Å². The van der Waals surface area contributed by atoms with E-state index in [1.807, 2.05) is 6.20 Å². The third-order valence-corrected chi connectivity index (χ3v) is 3.27. The number of nitrogens with two attached hydrogens (primary N) is 1. The zero-order chi connectivity index (χ0) is 15.5. The third kappa shape index (κ3) is 3.79. The lowest BCUT2D eigenvalue weighted by Gasteiger charge is -2.22. The largest absolute Gasteiger partial charge is 0.381 e. The molecule has 0 aliphatic heterocycles. The molecule has 0 bridgehead atoms. The Labute approximate surface area is 126 Å². The van der Waals surface area contributed by atoms with Crippen LogP contribution >= 0.6 is 0 Å². The molecule has 0 aliphatic rings. The van der Waals surface area contributed by atoms with Crippen LogP contribution in [0.4, 0.5) is 5.69 Å². The second-order valence-electron chi connectivity index (χ2n) is 6.29. The Bertz CT molecular complexity index is 597. The average molecular weight is 284 g/mol. The number of anilines is 1. The van der Waals surface area contributed by atoms with E-state index < -0.39 is 0 Å². The fraction of sp³-hybridized carbons (Fsp3) is 0.412. The van der Waals surface area contributed by atoms with Crippen molar-refractivity contribution in [3.63, 3.8) is 0 Å². The molecule has 0 atom stereocenters. The smallest absolute Gasteiger partial charge is 0.159 e. The summed E-state index contributed by atoms with van der Waals surface area (Å²) < 4.78 is 0. The summed E-state index contributed by atoms with van der Waals surface area (Å²) in [7, 11) is 0. The molecule has 21 heavy (non-hydrogen) atoms. The quantitative estimate of drug-likeness (QED) is 0.905. The number of nitrogens with one attached hydrogen (secondary N) is 1. The normalized spacial score (nSPS) is 11.5. The Morgan fingerprint density at radius 2 is 1.81 bits per heavy atom. The van der Waals surface area contributed by atoms with Crippen LogP contribution in [0, 0.1) is 6.92 Å². The Morgan fingerprint density at radius 1 is 1.14 bits per heavy atom. The van der Waals surface area contributed by atoms with Gasteiger partial charge >= 0.3 is 0 Å². The summed E-state index contributed by atoms with van der Waals surface area (Å²) in [6.07, 6.45) is 1.86. The molecule has 1 heterocycles. The van der Waals surface area contributed by atoms with Crippen LogP contribution in [-0.4, -0.2) is 23.1 Å². The number of aryl methyl sites for hydroxylation is 1. The van der Waals surface area contributed by atoms with Gasteiger partial charge in [-0.05, 0) is 6.92 Å². The predicted molar refractivity (Wildman–Crippen MR) is 88.4 cm³/mol. The first-order valence-corrected chi connectivity index (χ1v) is 7.30. The van der Waals surface area contributed by atoms with Gasteiger partial charge in [0, 0.05) is 24.1 Å². The predicted octanol–water partition coefficient (Wildman–Crippen LogP) is 3.12. The van der Waals surface area contributed by atoms with E-state index >= 15 is 0 Å². The lowest BCUT2D eigenvalue weighted by molar-refractivity contribution is 0.569. The van der Waals surface area contributed by atoms with Gasteiger partial charge in [-0.25, -0.2) is 9.97 Å². The summed E-state index contributed by atoms with van der Waals surface area (Å²) >= 11 is 0. The molecule has 4 heteroatoms. The van der Waals surface area contributed by atoms with Crippen LogP contribution in [0.3, 0.4) is 0 Å². The molecular formula is C17H24N4. The lowest BCUT2D eigenvalue weighted by atomic mass is 9.90. The minimum absolute atomic E-state index is 0.0562. The number of nitrogens with zero attached hydrogens (tertiary/aromatic N) is 2. The Kier molecular flexibility index (Phi) is 4.58. The first-order chi connectivity index (χ1) is 9.91. The van der Waals surface area contributed by atoms with Gasteiger partial charge in [-0.3, -0.25) is 0 Å². The van der Waals surface area contributed by atoms with Gasteiger partial charge in [0.05, 0.1) is 17.6 Å². The molecule has 0 unspecified atom stereocenters. The topological polar surface area (TPSA) is 63.8 Å². The standard InChI is InChI=1S/C17H24N4/c1-12-5-7-13(8-6-12)16-20-11-14(19-10-9-18)15(21-16)17(2,3)4/h5-8,11,19H,9-10,18H2,1-4H3. The van der Waals surface area contributed by atoms with Crippen molar-refractivity contribution in [1.82, 2.24) is 9.97 Å². The monoisotopic (exact) mass is 284 g/mol. The van der Waals surface area contributed by atoms with Gasteiger partial charge in [-0.1, -0.05) is 50.6 Å². The Morgan fingerprint density at radius 3 is 2.38 bits per heavy atom. The van der Waals surface area contributed by atoms with Gasteiger partial charge in [0.2, 0.25) is 0 Å². The van der Waals surface area contributed by atoms with E-state index in [9.17, 15) is 0 Å². The van der Waals surface area contributed by atoms with Crippen molar-refractivity contribution in [2.24, 2.45) is 5.73 Å². The van der Waals surface area contributed by atoms with Gasteiger partial charge in [-0.15, -0.1) is 0 Å². The van der Waals surface area contributed by atoms with Gasteiger partial charge in [0.1, 0.15) is 0 Å². The van der Waals surface area contributed by atoms with E-state index in [0.29, 0.717) is 6.54 Å². The average Bonchev–Trinajstić information content (AvgIpc) is 2.45. The van der Waals surface area contributed by atoms with Crippen LogP contribution in [-0.2, 0) is 5.41 Å². The number of hydrogen-bond donors (Lipinski definition) is 2. The van der Waals surface area contributed by atoms with Gasteiger partial charge in [0.25, 0.3) is 0 Å². The van der Waals surface area contributed by atoms with Crippen LogP contribution in [0.2, 0.25) is 0 Å². The van der Waals surface area contributed by atoms with E-state index in [0.717, 1.165) is 29.3 Å². The van der Waals surface area contributed by atoms with Crippen molar-refractivity contribution in [2.75, 3.05) is 18.4 Å². The molecule has 3 N–H and O–H groups in total. The van der Waals surface area contributed by atoms with Crippen LogP contribution in [0.15, 0.2) is 30.5 Å². The van der Waals surface area contributed by atoms with Crippen molar-refractivity contribution in [3.8, 4) is 11.4 Å². The van der Waals surface area contributed by atoms with E-state index in [1.54, 1.807) is 0 Å². The molecule has 0 saturated heterocycles. The molecule has 2 aromatic rings. The van der Waals surface area contributed by atoms with E-state index in [4.69, 9.17) is 10.7 Å². The minimum Gasteiger partial charge on any atom is -0.381 e. The van der Waals surface area contributed by atoms with Crippen molar-refractivity contribution in [1.29, 1.82) is 0 Å². The van der Waals surface area contributed by atoms with Crippen LogP contribution in [0.25, 0.3) is 11.4 Å². The third-order valence-electron chi connectivity index (χ3n) is 3.27. The molecule has 112 valence electrons. The first-order valence-electron chi connectivity index (χ1n) is 7.30. The molecule has 1 aromatic heterocycles. The molecule has 0 radical (unpaired) electrons. The highest BCUT2D eigenvalue weighted by Gasteiger charge is 2.21. The van der Waals surface area contributed by atoms with E-state index in [1.165, 1.54) is 5.56 Å². The molecule has 1 aromatic carbocycles. The fourth-order valence-corrected chi connectivity index (χ4v) is 2.13. The number of benzene rings is 1. The maximum Gasteiger partial charge on any atom is 0.159 e. The zero-order valence-corrected chi connectivity index (χ0v) is 13.3. The van der Waals surface area contributed by atoms with Crippen molar-refractivity contribution < 1.29 is 0 Å². The van der Waals surface area contributed by atoms with E-state index in [2.05, 4.69) is 62.3 Å². The molecule has 0 aliphatic carbocycles. The summed E-state index contributed by atoms with van der Waals surface area (Å²) in [5, 5.41) is 3.31. The van der Waals surface area contributed by atoms with Gasteiger partial charge < -0.3 is 11.1 Å². The molecule has 4 nitrogen and oxygen atoms in total. The number of aromatic nitrogens is 2. The molecule has 0 saturated carbocycles. The minimum atomic E-state index is -0.0562. The molecule has 0 amide bonds. The highest BCUT2D eigenvalue weighted by atomic mass is 15.0. The Hall–Kier alpha value is -1.94. The second kappa shape index (κ2) is 6.22. The van der Waals surface area contributed by atoms with Crippen molar-refractivity contribution in [3.05, 3.63) is 41.7 Å². The lowest BCUT2D eigenvalue weighted by Crippen LogP contribution is -2.21. The first kappa shape index (κ1) is 15.4. The summed E-state index contributed by atoms with van der Waals surface area (Å²) in [5.74, 6) is 0.762. The SMILES string of the molecule is Cc1ccc(-c2ncc(NCCN)c(C(C)(C)C)n2)cc1. The second-order valence-corrected chi connectivity index (χ2v) is 6.29. The van der Waals surface area contributed by atoms with Gasteiger partial charge in [0.15, 0.2) is 5.82 Å². The maximum absolute atomic E-state index is 5.57. The Balaban J connectivity index is 2.43.